The standard InChI is InChI=1S/C66H118NO8P/c1-3-5-7-9-11-13-15-17-19-21-23-24-25-26-27-28-29-30-31-32-33-34-35-36-37-38-39-40-41-43-45-47-49-51-53-55-57-59-66(69)75-64(63-74-76(70,71)73-61-60-67)62-72-65(68)58-56-54-52-50-48-46-44-42-22-20-18-16-14-12-10-8-6-4-2/h5,7,11,13,17,19,23-24,26-27,29-30,32-33,64H,3-4,6,8-10,12,14-16,18,20-22,25,28,31,34-63,67H2,1-2H3,(H,70,71)/b7-5-,13-11-,19-17-,24-23-,27-26-,30-29-,33-32-. The van der Waals surface area contributed by atoms with E-state index in [0.29, 0.717) is 6.42 Å². The van der Waals surface area contributed by atoms with E-state index in [0.717, 1.165) is 83.5 Å². The molecule has 0 amide bonds. The van der Waals surface area contributed by atoms with Crippen molar-refractivity contribution in [1.82, 2.24) is 0 Å². The number of unbranched alkanes of at least 4 members (excludes halogenated alkanes) is 32. The average molecular weight is 1080 g/mol. The highest BCUT2D eigenvalue weighted by atomic mass is 31.2. The minimum Gasteiger partial charge on any atom is -0.462 e. The molecule has 0 rings (SSSR count). The van der Waals surface area contributed by atoms with Crippen LogP contribution in [0, 0.1) is 0 Å². The first-order valence-corrected chi connectivity index (χ1v) is 33.1. The van der Waals surface area contributed by atoms with Gasteiger partial charge in [0.2, 0.25) is 0 Å². The van der Waals surface area contributed by atoms with Gasteiger partial charge in [-0.15, -0.1) is 0 Å². The van der Waals surface area contributed by atoms with E-state index in [-0.39, 0.29) is 38.6 Å². The van der Waals surface area contributed by atoms with Crippen LogP contribution in [0.3, 0.4) is 0 Å². The zero-order chi connectivity index (χ0) is 55.2. The number of carbonyl (C=O) groups excluding carboxylic acids is 2. The molecule has 0 saturated carbocycles. The molecule has 0 aromatic heterocycles. The lowest BCUT2D eigenvalue weighted by Gasteiger charge is -2.19. The predicted molar refractivity (Wildman–Crippen MR) is 325 cm³/mol. The normalized spacial score (nSPS) is 13.6. The van der Waals surface area contributed by atoms with Crippen molar-refractivity contribution in [2.75, 3.05) is 26.4 Å². The van der Waals surface area contributed by atoms with E-state index in [1.807, 2.05) is 0 Å². The Balaban J connectivity index is 3.88. The second kappa shape index (κ2) is 61.4. The number of allylic oxidation sites excluding steroid dienone is 14. The van der Waals surface area contributed by atoms with Gasteiger partial charge in [-0.05, 0) is 70.6 Å². The molecule has 3 N–H and O–H groups in total. The van der Waals surface area contributed by atoms with Crippen LogP contribution in [-0.4, -0.2) is 49.3 Å². The van der Waals surface area contributed by atoms with E-state index < -0.39 is 26.5 Å². The third-order valence-electron chi connectivity index (χ3n) is 13.5. The molecule has 0 saturated heterocycles. The maximum atomic E-state index is 12.7. The molecule has 0 radical (unpaired) electrons. The van der Waals surface area contributed by atoms with Crippen molar-refractivity contribution in [3.8, 4) is 0 Å². The molecule has 10 heteroatoms. The van der Waals surface area contributed by atoms with Crippen molar-refractivity contribution >= 4 is 19.8 Å². The van der Waals surface area contributed by atoms with Crippen molar-refractivity contribution in [2.24, 2.45) is 5.73 Å². The van der Waals surface area contributed by atoms with Crippen LogP contribution in [0.4, 0.5) is 0 Å². The second-order valence-electron chi connectivity index (χ2n) is 20.9. The first-order chi connectivity index (χ1) is 37.3. The largest absolute Gasteiger partial charge is 0.472 e. The summed E-state index contributed by atoms with van der Waals surface area (Å²) in [6.07, 6.45) is 80.8. The molecule has 440 valence electrons. The van der Waals surface area contributed by atoms with E-state index in [1.165, 1.54) is 173 Å². The van der Waals surface area contributed by atoms with Crippen molar-refractivity contribution in [1.29, 1.82) is 0 Å². The Bertz CT molecular complexity index is 1520. The van der Waals surface area contributed by atoms with Gasteiger partial charge in [-0.3, -0.25) is 18.6 Å². The third kappa shape index (κ3) is 60.4. The Kier molecular flexibility index (Phi) is 59.1. The van der Waals surface area contributed by atoms with E-state index in [2.05, 4.69) is 98.9 Å². The number of phosphoric ester groups is 1. The van der Waals surface area contributed by atoms with E-state index >= 15 is 0 Å². The smallest absolute Gasteiger partial charge is 0.462 e. The van der Waals surface area contributed by atoms with E-state index in [4.69, 9.17) is 24.3 Å². The van der Waals surface area contributed by atoms with Crippen LogP contribution in [0.25, 0.3) is 0 Å². The number of rotatable bonds is 59. The van der Waals surface area contributed by atoms with Crippen LogP contribution in [-0.2, 0) is 32.7 Å². The molecular weight excluding hydrogens is 966 g/mol. The van der Waals surface area contributed by atoms with Gasteiger partial charge in [0.1, 0.15) is 6.61 Å². The fourth-order valence-corrected chi connectivity index (χ4v) is 9.68. The van der Waals surface area contributed by atoms with Crippen LogP contribution < -0.4 is 5.73 Å². The molecule has 0 aromatic rings. The summed E-state index contributed by atoms with van der Waals surface area (Å²) in [7, 11) is -4.39. The van der Waals surface area contributed by atoms with Gasteiger partial charge in [0, 0.05) is 19.4 Å². The number of ether oxygens (including phenoxy) is 2. The Labute approximate surface area is 468 Å². The third-order valence-corrected chi connectivity index (χ3v) is 14.5. The van der Waals surface area contributed by atoms with Crippen molar-refractivity contribution in [3.05, 3.63) is 85.1 Å². The minimum absolute atomic E-state index is 0.0530. The first-order valence-electron chi connectivity index (χ1n) is 31.6. The van der Waals surface area contributed by atoms with Crippen molar-refractivity contribution in [3.63, 3.8) is 0 Å². The summed E-state index contributed by atoms with van der Waals surface area (Å²) < 4.78 is 33.1. The van der Waals surface area contributed by atoms with E-state index in [9.17, 15) is 19.0 Å². The van der Waals surface area contributed by atoms with Gasteiger partial charge in [-0.25, -0.2) is 4.57 Å². The monoisotopic (exact) mass is 1080 g/mol. The van der Waals surface area contributed by atoms with Crippen molar-refractivity contribution in [2.45, 2.75) is 296 Å². The zero-order valence-corrected chi connectivity index (χ0v) is 50.1. The highest BCUT2D eigenvalue weighted by Crippen LogP contribution is 2.43. The molecular formula is C66H118NO8P. The van der Waals surface area contributed by atoms with Gasteiger partial charge < -0.3 is 20.1 Å². The second-order valence-corrected chi connectivity index (χ2v) is 22.4. The highest BCUT2D eigenvalue weighted by molar-refractivity contribution is 7.47. The zero-order valence-electron chi connectivity index (χ0n) is 49.2. The number of nitrogens with two attached hydrogens (primary N) is 1. The lowest BCUT2D eigenvalue weighted by atomic mass is 10.0. The van der Waals surface area contributed by atoms with Gasteiger partial charge in [0.25, 0.3) is 0 Å². The molecule has 0 aromatic carbocycles. The van der Waals surface area contributed by atoms with Gasteiger partial charge >= 0.3 is 19.8 Å². The Morgan fingerprint density at radius 2 is 0.724 bits per heavy atom. The summed E-state index contributed by atoms with van der Waals surface area (Å²) in [5, 5.41) is 0. The molecule has 0 aliphatic heterocycles. The molecule has 76 heavy (non-hydrogen) atoms. The molecule has 0 aliphatic rings. The average Bonchev–Trinajstić information content (AvgIpc) is 3.41. The quantitative estimate of drug-likeness (QED) is 0.0264. The van der Waals surface area contributed by atoms with Gasteiger partial charge in [0.15, 0.2) is 6.10 Å². The predicted octanol–water partition coefficient (Wildman–Crippen LogP) is 20.2. The number of esters is 2. The van der Waals surface area contributed by atoms with Gasteiger partial charge in [0.05, 0.1) is 13.2 Å². The van der Waals surface area contributed by atoms with Crippen LogP contribution >= 0.6 is 7.82 Å². The Morgan fingerprint density at radius 3 is 1.08 bits per heavy atom. The minimum atomic E-state index is -4.39. The fraction of sp³-hybridized carbons (Fsp3) is 0.758. The highest BCUT2D eigenvalue weighted by Gasteiger charge is 2.26. The maximum absolute atomic E-state index is 12.7. The molecule has 2 unspecified atom stereocenters. The summed E-state index contributed by atoms with van der Waals surface area (Å²) in [4.78, 5) is 35.2. The summed E-state index contributed by atoms with van der Waals surface area (Å²) in [5.41, 5.74) is 5.39. The summed E-state index contributed by atoms with van der Waals surface area (Å²) in [6, 6.07) is 0. The van der Waals surface area contributed by atoms with Gasteiger partial charge in [-0.1, -0.05) is 292 Å². The summed E-state index contributed by atoms with van der Waals surface area (Å²) in [5.74, 6) is -0.817. The molecule has 0 heterocycles. The lowest BCUT2D eigenvalue weighted by molar-refractivity contribution is -0.161. The molecule has 0 bridgehead atoms. The molecule has 2 atom stereocenters. The van der Waals surface area contributed by atoms with E-state index in [1.54, 1.807) is 0 Å². The number of hydrogen-bond acceptors (Lipinski definition) is 8. The first kappa shape index (κ1) is 73.2. The molecule has 0 aliphatic carbocycles. The number of hydrogen-bond donors (Lipinski definition) is 2. The van der Waals surface area contributed by atoms with Crippen LogP contribution in [0.5, 0.6) is 0 Å². The lowest BCUT2D eigenvalue weighted by Crippen LogP contribution is -2.29. The Morgan fingerprint density at radius 1 is 0.408 bits per heavy atom. The molecule has 0 spiro atoms. The van der Waals surface area contributed by atoms with Crippen LogP contribution in [0.2, 0.25) is 0 Å². The molecule has 9 nitrogen and oxygen atoms in total. The summed E-state index contributed by atoms with van der Waals surface area (Å²) >= 11 is 0. The van der Waals surface area contributed by atoms with Crippen LogP contribution in [0.15, 0.2) is 85.1 Å². The fourth-order valence-electron chi connectivity index (χ4n) is 8.91. The topological polar surface area (TPSA) is 134 Å². The maximum Gasteiger partial charge on any atom is 0.472 e. The SMILES string of the molecule is CC/C=C\C/C=C\C/C=C\C/C=C\C/C=C\C/C=C\C/C=C\CCCCCCCCCCCCCCCCCC(=O)OC(COC(=O)CCCCCCCCCCCCCCCCCCCC)COP(=O)(O)OCCN. The molecule has 0 fully saturated rings. The van der Waals surface area contributed by atoms with Crippen molar-refractivity contribution < 1.29 is 37.6 Å². The number of phosphoric acid groups is 1. The van der Waals surface area contributed by atoms with Crippen LogP contribution in [0.1, 0.15) is 290 Å². The van der Waals surface area contributed by atoms with Gasteiger partial charge in [-0.2, -0.15) is 0 Å². The number of carbonyl (C=O) groups is 2. The Hall–Kier alpha value is -2.81. The summed E-state index contributed by atoms with van der Waals surface area (Å²) in [6.45, 7) is 3.67.